The molecule has 0 spiro atoms. The summed E-state index contributed by atoms with van der Waals surface area (Å²) in [6.07, 6.45) is 3.13. The Kier molecular flexibility index (Phi) is 5.22. The van der Waals surface area contributed by atoms with E-state index in [1.807, 2.05) is 0 Å². The predicted octanol–water partition coefficient (Wildman–Crippen LogP) is 1.52. The smallest absolute Gasteiger partial charge is 0.129 e. The molecular weight excluding hydrogens is 128 g/mol. The normalized spacial score (nSPS) is 13.1. The molecular formula is C8H16O2. The average Bonchev–Trinajstić information content (AvgIpc) is 1.79. The summed E-state index contributed by atoms with van der Waals surface area (Å²) in [5, 5.41) is 8.83. The molecule has 0 saturated heterocycles. The first kappa shape index (κ1) is 9.63. The van der Waals surface area contributed by atoms with Gasteiger partial charge < -0.3 is 9.90 Å². The molecule has 0 amide bonds. The molecule has 0 aliphatic carbocycles. The van der Waals surface area contributed by atoms with Gasteiger partial charge in [-0.15, -0.1) is 0 Å². The number of aliphatic hydroxyl groups is 1. The first-order chi connectivity index (χ1) is 4.63. The number of unbranched alkanes of at least 4 members (excludes halogenated alkanes) is 1. The molecule has 0 rings (SSSR count). The zero-order valence-corrected chi connectivity index (χ0v) is 6.76. The van der Waals surface area contributed by atoms with Gasteiger partial charge in [-0.1, -0.05) is 6.42 Å². The number of carbonyl (C=O) groups is 1. The molecule has 1 N–H and O–H groups in total. The molecule has 1 atom stereocenters. The van der Waals surface area contributed by atoms with Crippen LogP contribution in [0.1, 0.15) is 39.5 Å². The van der Waals surface area contributed by atoms with E-state index in [9.17, 15) is 4.79 Å². The number of ketones is 1. The maximum Gasteiger partial charge on any atom is 0.129 e. The van der Waals surface area contributed by atoms with E-state index in [4.69, 9.17) is 5.11 Å². The Bertz CT molecular complexity index is 97.4. The first-order valence-electron chi connectivity index (χ1n) is 3.80. The zero-order valence-electron chi connectivity index (χ0n) is 6.76. The highest BCUT2D eigenvalue weighted by Gasteiger charge is 1.96. The Morgan fingerprint density at radius 3 is 2.50 bits per heavy atom. The van der Waals surface area contributed by atoms with Crippen molar-refractivity contribution >= 4 is 5.78 Å². The van der Waals surface area contributed by atoms with Crippen molar-refractivity contribution in [3.05, 3.63) is 0 Å². The van der Waals surface area contributed by atoms with Crippen LogP contribution in [0.25, 0.3) is 0 Å². The van der Waals surface area contributed by atoms with Gasteiger partial charge in [-0.2, -0.15) is 0 Å². The third-order valence-corrected chi connectivity index (χ3v) is 1.40. The van der Waals surface area contributed by atoms with Crippen LogP contribution in [-0.4, -0.2) is 17.0 Å². The SMILES string of the molecule is CC(=O)CCCCC(C)O. The van der Waals surface area contributed by atoms with E-state index < -0.39 is 0 Å². The number of carbonyl (C=O) groups excluding carboxylic acids is 1. The van der Waals surface area contributed by atoms with Crippen molar-refractivity contribution in [3.8, 4) is 0 Å². The Labute approximate surface area is 62.2 Å². The van der Waals surface area contributed by atoms with Crippen LogP contribution >= 0.6 is 0 Å². The van der Waals surface area contributed by atoms with Gasteiger partial charge in [-0.3, -0.25) is 0 Å². The van der Waals surface area contributed by atoms with Gasteiger partial charge in [-0.05, 0) is 26.7 Å². The molecule has 0 fully saturated rings. The molecule has 2 nitrogen and oxygen atoms in total. The van der Waals surface area contributed by atoms with Crippen molar-refractivity contribution < 1.29 is 9.90 Å². The number of aliphatic hydroxyl groups excluding tert-OH is 1. The van der Waals surface area contributed by atoms with E-state index in [0.29, 0.717) is 6.42 Å². The van der Waals surface area contributed by atoms with Crippen LogP contribution in [0.3, 0.4) is 0 Å². The molecule has 0 heterocycles. The van der Waals surface area contributed by atoms with Gasteiger partial charge in [0.2, 0.25) is 0 Å². The summed E-state index contributed by atoms with van der Waals surface area (Å²) in [7, 11) is 0. The second-order valence-electron chi connectivity index (χ2n) is 2.80. The van der Waals surface area contributed by atoms with Crippen LogP contribution in [0.15, 0.2) is 0 Å². The lowest BCUT2D eigenvalue weighted by molar-refractivity contribution is -0.117. The highest BCUT2D eigenvalue weighted by atomic mass is 16.3. The highest BCUT2D eigenvalue weighted by Crippen LogP contribution is 2.02. The minimum atomic E-state index is -0.216. The lowest BCUT2D eigenvalue weighted by atomic mass is 10.1. The minimum absolute atomic E-state index is 0.216. The van der Waals surface area contributed by atoms with Crippen LogP contribution in [-0.2, 0) is 4.79 Å². The standard InChI is InChI=1S/C8H16O2/c1-7(9)5-3-4-6-8(2)10/h7,9H,3-6H2,1-2H3. The van der Waals surface area contributed by atoms with Crippen molar-refractivity contribution in [3.63, 3.8) is 0 Å². The third kappa shape index (κ3) is 7.63. The van der Waals surface area contributed by atoms with Gasteiger partial charge >= 0.3 is 0 Å². The summed E-state index contributed by atoms with van der Waals surface area (Å²) in [5.74, 6) is 0.241. The van der Waals surface area contributed by atoms with Gasteiger partial charge in [0.15, 0.2) is 0 Å². The molecule has 0 aromatic rings. The highest BCUT2D eigenvalue weighted by molar-refractivity contribution is 5.75. The summed E-state index contributed by atoms with van der Waals surface area (Å²) >= 11 is 0. The van der Waals surface area contributed by atoms with E-state index in [0.717, 1.165) is 19.3 Å². The summed E-state index contributed by atoms with van der Waals surface area (Å²) in [6.45, 7) is 3.37. The number of hydrogen-bond acceptors (Lipinski definition) is 2. The lowest BCUT2D eigenvalue weighted by Crippen LogP contribution is -1.99. The van der Waals surface area contributed by atoms with Crippen molar-refractivity contribution in [1.29, 1.82) is 0 Å². The molecule has 0 aromatic heterocycles. The van der Waals surface area contributed by atoms with Crippen LogP contribution in [0, 0.1) is 0 Å². The quantitative estimate of drug-likeness (QED) is 0.594. The molecule has 2 heteroatoms. The maximum absolute atomic E-state index is 10.4. The Morgan fingerprint density at radius 1 is 1.50 bits per heavy atom. The Hall–Kier alpha value is -0.370. The summed E-state index contributed by atoms with van der Waals surface area (Å²) < 4.78 is 0. The van der Waals surface area contributed by atoms with Crippen molar-refractivity contribution in [2.45, 2.75) is 45.6 Å². The van der Waals surface area contributed by atoms with Crippen molar-refractivity contribution in [1.82, 2.24) is 0 Å². The second kappa shape index (κ2) is 5.42. The second-order valence-corrected chi connectivity index (χ2v) is 2.80. The molecule has 0 radical (unpaired) electrons. The van der Waals surface area contributed by atoms with E-state index in [-0.39, 0.29) is 11.9 Å². The van der Waals surface area contributed by atoms with Gasteiger partial charge in [0.05, 0.1) is 6.10 Å². The Morgan fingerprint density at radius 2 is 2.10 bits per heavy atom. The first-order valence-corrected chi connectivity index (χ1v) is 3.80. The van der Waals surface area contributed by atoms with Crippen molar-refractivity contribution in [2.24, 2.45) is 0 Å². The van der Waals surface area contributed by atoms with Gasteiger partial charge in [-0.25, -0.2) is 0 Å². The van der Waals surface area contributed by atoms with E-state index >= 15 is 0 Å². The zero-order chi connectivity index (χ0) is 7.98. The fraction of sp³-hybridized carbons (Fsp3) is 0.875. The van der Waals surface area contributed by atoms with Gasteiger partial charge in [0.1, 0.15) is 5.78 Å². The molecule has 0 aliphatic rings. The van der Waals surface area contributed by atoms with Crippen molar-refractivity contribution in [2.75, 3.05) is 0 Å². The molecule has 0 aliphatic heterocycles. The van der Waals surface area contributed by atoms with Crippen LogP contribution in [0.5, 0.6) is 0 Å². The summed E-state index contributed by atoms with van der Waals surface area (Å²) in [6, 6.07) is 0. The number of rotatable bonds is 5. The molecule has 1 unspecified atom stereocenters. The van der Waals surface area contributed by atoms with Gasteiger partial charge in [0, 0.05) is 6.42 Å². The van der Waals surface area contributed by atoms with Crippen LogP contribution in [0.2, 0.25) is 0 Å². The van der Waals surface area contributed by atoms with Gasteiger partial charge in [0.25, 0.3) is 0 Å². The summed E-state index contributed by atoms with van der Waals surface area (Å²) in [5.41, 5.74) is 0. The van der Waals surface area contributed by atoms with E-state index in [1.54, 1.807) is 13.8 Å². The topological polar surface area (TPSA) is 37.3 Å². The molecule has 0 saturated carbocycles. The van der Waals surface area contributed by atoms with E-state index in [1.165, 1.54) is 0 Å². The fourth-order valence-corrected chi connectivity index (χ4v) is 0.814. The van der Waals surface area contributed by atoms with Crippen LogP contribution < -0.4 is 0 Å². The largest absolute Gasteiger partial charge is 0.393 e. The number of Topliss-reactive ketones (excluding diaryl/α,β-unsaturated/α-hetero) is 1. The predicted molar refractivity (Wildman–Crippen MR) is 40.8 cm³/mol. The molecule has 0 bridgehead atoms. The van der Waals surface area contributed by atoms with E-state index in [2.05, 4.69) is 0 Å². The lowest BCUT2D eigenvalue weighted by Gasteiger charge is -2.01. The maximum atomic E-state index is 10.4. The molecule has 60 valence electrons. The third-order valence-electron chi connectivity index (χ3n) is 1.40. The monoisotopic (exact) mass is 144 g/mol. The summed E-state index contributed by atoms with van der Waals surface area (Å²) in [4.78, 5) is 10.4. The minimum Gasteiger partial charge on any atom is -0.393 e. The number of hydrogen-bond donors (Lipinski definition) is 1. The fourth-order valence-electron chi connectivity index (χ4n) is 0.814. The molecule has 10 heavy (non-hydrogen) atoms. The average molecular weight is 144 g/mol. The molecule has 0 aromatic carbocycles. The van der Waals surface area contributed by atoms with Crippen LogP contribution in [0.4, 0.5) is 0 Å². The Balaban J connectivity index is 2.98.